The number of hydrogen-bond donors (Lipinski definition) is 1. The predicted molar refractivity (Wildman–Crippen MR) is 181 cm³/mol. The van der Waals surface area contributed by atoms with Gasteiger partial charge in [0.2, 0.25) is 0 Å². The molecule has 0 amide bonds. The van der Waals surface area contributed by atoms with E-state index in [0.717, 1.165) is 89.5 Å². The van der Waals surface area contributed by atoms with Crippen molar-refractivity contribution in [2.45, 2.75) is 0 Å². The number of nitrogens with zero attached hydrogens (tertiary/aromatic N) is 4. The standard InChI is InChI=1S/C39H25N5/c1-2-8-33-30(7-1)35(34-9-3-4-21-40-34)31-18-15-27-16-19-32(43-37(27)39(31)44-33)25-12-10-24(11-13-25)28-20-23-42-38-29(28)17-14-26-6-5-22-41-36(26)38/h1-21,23,41H,22H2. The Balaban J connectivity index is 1.18. The molecule has 1 N–H and O–H groups in total. The van der Waals surface area contributed by atoms with E-state index in [-0.39, 0.29) is 0 Å². The summed E-state index contributed by atoms with van der Waals surface area (Å²) in [7, 11) is 0. The van der Waals surface area contributed by atoms with Crippen molar-refractivity contribution in [2.75, 3.05) is 11.9 Å². The van der Waals surface area contributed by atoms with Crippen molar-refractivity contribution in [3.8, 4) is 33.6 Å². The van der Waals surface area contributed by atoms with Gasteiger partial charge >= 0.3 is 0 Å². The first-order valence-electron chi connectivity index (χ1n) is 14.8. The van der Waals surface area contributed by atoms with Crippen LogP contribution in [0.1, 0.15) is 5.56 Å². The van der Waals surface area contributed by atoms with E-state index < -0.39 is 0 Å². The summed E-state index contributed by atoms with van der Waals surface area (Å²) in [6.07, 6.45) is 8.04. The summed E-state index contributed by atoms with van der Waals surface area (Å²) in [5.74, 6) is 0. The Hall–Kier alpha value is -5.94. The molecule has 44 heavy (non-hydrogen) atoms. The molecule has 1 aliphatic rings. The fraction of sp³-hybridized carbons (Fsp3) is 0.0256. The third-order valence-electron chi connectivity index (χ3n) is 8.56. The molecule has 0 saturated carbocycles. The van der Waals surface area contributed by atoms with Gasteiger partial charge in [-0.2, -0.15) is 0 Å². The lowest BCUT2D eigenvalue weighted by Gasteiger charge is -2.16. The van der Waals surface area contributed by atoms with Crippen LogP contribution in [0.3, 0.4) is 0 Å². The smallest absolute Gasteiger partial charge is 0.0979 e. The predicted octanol–water partition coefficient (Wildman–Crippen LogP) is 9.32. The molecule has 0 atom stereocenters. The van der Waals surface area contributed by atoms with Crippen LogP contribution >= 0.6 is 0 Å². The SMILES string of the molecule is C1=Cc2ccc3c(-c4ccc(-c5ccc6ccc7c(-c8ccccn8)c8ccccc8nc7c6n5)cc4)ccnc3c2NC1. The average molecular weight is 564 g/mol. The zero-order valence-corrected chi connectivity index (χ0v) is 23.7. The van der Waals surface area contributed by atoms with Gasteiger partial charge in [-0.05, 0) is 47.0 Å². The third-order valence-corrected chi connectivity index (χ3v) is 8.56. The number of anilines is 1. The van der Waals surface area contributed by atoms with Crippen molar-refractivity contribution >= 4 is 55.4 Å². The van der Waals surface area contributed by atoms with Crippen LogP contribution in [0.25, 0.3) is 83.3 Å². The molecule has 1 aliphatic heterocycles. The molecule has 0 aliphatic carbocycles. The molecule has 8 aromatic rings. The van der Waals surface area contributed by atoms with Crippen LogP contribution in [0, 0.1) is 0 Å². The summed E-state index contributed by atoms with van der Waals surface area (Å²) in [5.41, 5.74) is 12.3. The van der Waals surface area contributed by atoms with Crippen LogP contribution in [0.5, 0.6) is 0 Å². The van der Waals surface area contributed by atoms with Crippen molar-refractivity contribution in [2.24, 2.45) is 0 Å². The summed E-state index contributed by atoms with van der Waals surface area (Å²) in [4.78, 5) is 19.8. The highest BCUT2D eigenvalue weighted by Gasteiger charge is 2.16. The first-order chi connectivity index (χ1) is 21.8. The molecule has 0 unspecified atom stereocenters. The molecule has 4 aromatic carbocycles. The zero-order valence-electron chi connectivity index (χ0n) is 23.7. The van der Waals surface area contributed by atoms with Crippen LogP contribution in [-0.2, 0) is 0 Å². The average Bonchev–Trinajstić information content (AvgIpc) is 3.10. The molecule has 0 saturated heterocycles. The Morgan fingerprint density at radius 3 is 2.30 bits per heavy atom. The second-order valence-corrected chi connectivity index (χ2v) is 11.1. The number of nitrogens with one attached hydrogen (secondary N) is 1. The van der Waals surface area contributed by atoms with Gasteiger partial charge in [-0.1, -0.05) is 91.0 Å². The van der Waals surface area contributed by atoms with Crippen LogP contribution in [0.2, 0.25) is 0 Å². The zero-order chi connectivity index (χ0) is 29.0. The van der Waals surface area contributed by atoms with Crippen LogP contribution < -0.4 is 5.32 Å². The van der Waals surface area contributed by atoms with E-state index in [4.69, 9.17) is 19.9 Å². The fourth-order valence-electron chi connectivity index (χ4n) is 6.46. The minimum absolute atomic E-state index is 0.816. The van der Waals surface area contributed by atoms with Crippen molar-refractivity contribution in [1.82, 2.24) is 19.9 Å². The maximum absolute atomic E-state index is 5.21. The molecule has 5 nitrogen and oxygen atoms in total. The molecule has 9 rings (SSSR count). The minimum Gasteiger partial charge on any atom is -0.379 e. The lowest BCUT2D eigenvalue weighted by Crippen LogP contribution is -2.05. The van der Waals surface area contributed by atoms with Gasteiger partial charge in [-0.15, -0.1) is 0 Å². The number of pyridine rings is 4. The van der Waals surface area contributed by atoms with E-state index in [0.29, 0.717) is 0 Å². The molecule has 5 heteroatoms. The van der Waals surface area contributed by atoms with Crippen molar-refractivity contribution < 1.29 is 0 Å². The molecule has 5 heterocycles. The van der Waals surface area contributed by atoms with Gasteiger partial charge < -0.3 is 5.32 Å². The second-order valence-electron chi connectivity index (χ2n) is 11.1. The topological polar surface area (TPSA) is 63.6 Å². The number of hydrogen-bond acceptors (Lipinski definition) is 5. The fourth-order valence-corrected chi connectivity index (χ4v) is 6.46. The lowest BCUT2D eigenvalue weighted by molar-refractivity contribution is 1.30. The highest BCUT2D eigenvalue weighted by atomic mass is 14.9. The normalized spacial score (nSPS) is 12.5. The Morgan fingerprint density at radius 1 is 0.545 bits per heavy atom. The molecular weight excluding hydrogens is 538 g/mol. The molecule has 0 bridgehead atoms. The van der Waals surface area contributed by atoms with Crippen molar-refractivity contribution in [3.05, 3.63) is 133 Å². The summed E-state index contributed by atoms with van der Waals surface area (Å²) in [6.45, 7) is 0.816. The van der Waals surface area contributed by atoms with Crippen LogP contribution in [-0.4, -0.2) is 26.5 Å². The van der Waals surface area contributed by atoms with E-state index in [1.807, 2.05) is 30.6 Å². The largest absolute Gasteiger partial charge is 0.379 e. The van der Waals surface area contributed by atoms with Gasteiger partial charge in [0.15, 0.2) is 0 Å². The number of benzene rings is 4. The van der Waals surface area contributed by atoms with Crippen molar-refractivity contribution in [3.63, 3.8) is 0 Å². The lowest BCUT2D eigenvalue weighted by atomic mass is 9.96. The highest BCUT2D eigenvalue weighted by molar-refractivity contribution is 6.15. The molecular formula is C39H25N5. The maximum atomic E-state index is 5.21. The molecule has 206 valence electrons. The summed E-state index contributed by atoms with van der Waals surface area (Å²) < 4.78 is 0. The van der Waals surface area contributed by atoms with Gasteiger partial charge in [-0.25, -0.2) is 9.97 Å². The maximum Gasteiger partial charge on any atom is 0.0979 e. The molecule has 0 fully saturated rings. The first kappa shape index (κ1) is 24.6. The van der Waals surface area contributed by atoms with Gasteiger partial charge in [0.05, 0.1) is 39.1 Å². The van der Waals surface area contributed by atoms with Gasteiger partial charge in [0, 0.05) is 51.6 Å². The molecule has 0 spiro atoms. The number of aromatic nitrogens is 4. The van der Waals surface area contributed by atoms with E-state index >= 15 is 0 Å². The monoisotopic (exact) mass is 563 g/mol. The minimum atomic E-state index is 0.816. The molecule has 4 aromatic heterocycles. The summed E-state index contributed by atoms with van der Waals surface area (Å²) in [6, 6.07) is 37.9. The Labute approximate surface area is 253 Å². The summed E-state index contributed by atoms with van der Waals surface area (Å²) in [5, 5.41) is 7.83. The van der Waals surface area contributed by atoms with Gasteiger partial charge in [-0.3, -0.25) is 9.97 Å². The number of fused-ring (bicyclic) bond motifs is 7. The molecule has 0 radical (unpaired) electrons. The Morgan fingerprint density at radius 2 is 1.39 bits per heavy atom. The Kier molecular flexibility index (Phi) is 5.50. The quantitative estimate of drug-likeness (QED) is 0.171. The number of para-hydroxylation sites is 1. The Bertz CT molecular complexity index is 2430. The van der Waals surface area contributed by atoms with Gasteiger partial charge in [0.1, 0.15) is 0 Å². The van der Waals surface area contributed by atoms with Gasteiger partial charge in [0.25, 0.3) is 0 Å². The first-order valence-corrected chi connectivity index (χ1v) is 14.8. The highest BCUT2D eigenvalue weighted by Crippen LogP contribution is 2.38. The third kappa shape index (κ3) is 3.87. The van der Waals surface area contributed by atoms with E-state index in [1.165, 1.54) is 5.56 Å². The van der Waals surface area contributed by atoms with Crippen LogP contribution in [0.4, 0.5) is 5.69 Å². The van der Waals surface area contributed by atoms with E-state index in [1.54, 1.807) is 0 Å². The van der Waals surface area contributed by atoms with Crippen molar-refractivity contribution in [1.29, 1.82) is 0 Å². The van der Waals surface area contributed by atoms with E-state index in [2.05, 4.69) is 108 Å². The van der Waals surface area contributed by atoms with Crippen LogP contribution in [0.15, 0.2) is 128 Å². The second kappa shape index (κ2) is 9.82. The van der Waals surface area contributed by atoms with E-state index in [9.17, 15) is 0 Å². The number of rotatable bonds is 3. The summed E-state index contributed by atoms with van der Waals surface area (Å²) >= 11 is 0.